The fourth-order valence-electron chi connectivity index (χ4n) is 3.97. The number of likely N-dealkylation sites (N-methyl/N-ethyl adjacent to an activating group) is 1. The molecule has 4 rings (SSSR count). The van der Waals surface area contributed by atoms with Crippen molar-refractivity contribution >= 4 is 51.8 Å². The summed E-state index contributed by atoms with van der Waals surface area (Å²) in [6.45, 7) is 9.37. The van der Waals surface area contributed by atoms with Crippen molar-refractivity contribution in [1.29, 1.82) is 0 Å². The summed E-state index contributed by atoms with van der Waals surface area (Å²) < 4.78 is 19.3. The molecule has 0 radical (unpaired) electrons. The van der Waals surface area contributed by atoms with Crippen molar-refractivity contribution in [2.24, 2.45) is 0 Å². The molecule has 2 saturated heterocycles. The smallest absolute Gasteiger partial charge is 0.496 e. The van der Waals surface area contributed by atoms with Crippen LogP contribution in [0.2, 0.25) is 5.02 Å². The van der Waals surface area contributed by atoms with Crippen molar-refractivity contribution in [2.45, 2.75) is 38.9 Å². The number of benzene rings is 2. The van der Waals surface area contributed by atoms with Crippen molar-refractivity contribution in [1.82, 2.24) is 4.90 Å². The van der Waals surface area contributed by atoms with Gasteiger partial charge in [0.05, 0.1) is 29.0 Å². The summed E-state index contributed by atoms with van der Waals surface area (Å²) in [7, 11) is 2.85. The minimum atomic E-state index is -0.571. The summed E-state index contributed by atoms with van der Waals surface area (Å²) in [6.07, 6.45) is 0. The lowest BCUT2D eigenvalue weighted by Crippen LogP contribution is -2.41. The fraction of sp³-hybridized carbons (Fsp3) is 0.435. The van der Waals surface area contributed by atoms with Gasteiger partial charge in [-0.3, -0.25) is 4.90 Å². The summed E-state index contributed by atoms with van der Waals surface area (Å²) in [5.74, 6) is 0.660. The van der Waals surface area contributed by atoms with Crippen molar-refractivity contribution in [3.05, 3.63) is 39.8 Å². The predicted molar refractivity (Wildman–Crippen MR) is 132 cm³/mol. The largest absolute Gasteiger partial charge is 0.498 e. The molecule has 9 heteroatoms. The van der Waals surface area contributed by atoms with E-state index in [1.807, 2.05) is 58.0 Å². The molecule has 2 amide bonds. The molecule has 6 nitrogen and oxygen atoms in total. The molecule has 0 aromatic heterocycles. The Morgan fingerprint density at radius 2 is 1.75 bits per heavy atom. The van der Waals surface area contributed by atoms with Crippen molar-refractivity contribution in [2.75, 3.05) is 32.1 Å². The second-order valence-corrected chi connectivity index (χ2v) is 10.5. The first-order valence-electron chi connectivity index (χ1n) is 10.5. The van der Waals surface area contributed by atoms with E-state index in [9.17, 15) is 4.79 Å². The van der Waals surface area contributed by atoms with Crippen LogP contribution >= 0.6 is 27.5 Å². The number of anilines is 1. The van der Waals surface area contributed by atoms with Crippen LogP contribution in [-0.4, -0.2) is 56.5 Å². The summed E-state index contributed by atoms with van der Waals surface area (Å²) in [4.78, 5) is 15.8. The standard InChI is InChI=1S/C23H27BBrClN2O4/c1-22(2)23(3,4)32-24(31-22)17-13-15(25)12-16(20(17)30-6)14-7-8-19(18(26)11-14)28-10-9-27(5)21(28)29/h7-8,11-13H,9-10H2,1-6H3. The zero-order chi connectivity index (χ0) is 23.4. The zero-order valence-corrected chi connectivity index (χ0v) is 21.5. The zero-order valence-electron chi connectivity index (χ0n) is 19.2. The highest BCUT2D eigenvalue weighted by Gasteiger charge is 2.52. The number of nitrogens with zero attached hydrogens (tertiary/aromatic N) is 2. The number of carbonyl (C=O) groups excluding carboxylic acids is 1. The van der Waals surface area contributed by atoms with Gasteiger partial charge in [0.15, 0.2) is 0 Å². The monoisotopic (exact) mass is 520 g/mol. The van der Waals surface area contributed by atoms with Gasteiger partial charge in [-0.25, -0.2) is 4.79 Å². The molecule has 0 saturated carbocycles. The quantitative estimate of drug-likeness (QED) is 0.535. The van der Waals surface area contributed by atoms with Crippen molar-refractivity contribution < 1.29 is 18.8 Å². The molecule has 2 fully saturated rings. The third-order valence-electron chi connectivity index (χ3n) is 6.56. The second kappa shape index (κ2) is 8.24. The van der Waals surface area contributed by atoms with Crippen LogP contribution in [0.5, 0.6) is 5.75 Å². The Labute approximate surface area is 203 Å². The van der Waals surface area contributed by atoms with Gasteiger partial charge >= 0.3 is 13.1 Å². The highest BCUT2D eigenvalue weighted by Crippen LogP contribution is 2.40. The van der Waals surface area contributed by atoms with E-state index in [-0.39, 0.29) is 6.03 Å². The number of hydrogen-bond acceptors (Lipinski definition) is 4. The molecule has 32 heavy (non-hydrogen) atoms. The van der Waals surface area contributed by atoms with Crippen LogP contribution in [0, 0.1) is 0 Å². The van der Waals surface area contributed by atoms with Crippen molar-refractivity contribution in [3.8, 4) is 16.9 Å². The minimum Gasteiger partial charge on any atom is -0.496 e. The molecule has 0 bridgehead atoms. The third-order valence-corrected chi connectivity index (χ3v) is 7.32. The van der Waals surface area contributed by atoms with Crippen LogP contribution < -0.4 is 15.1 Å². The Kier molecular flexibility index (Phi) is 6.03. The van der Waals surface area contributed by atoms with Crippen LogP contribution in [0.1, 0.15) is 27.7 Å². The lowest BCUT2D eigenvalue weighted by Gasteiger charge is -2.32. The van der Waals surface area contributed by atoms with Crippen LogP contribution in [0.4, 0.5) is 10.5 Å². The average Bonchev–Trinajstić information content (AvgIpc) is 3.15. The Morgan fingerprint density at radius 3 is 2.28 bits per heavy atom. The maximum atomic E-state index is 12.4. The van der Waals surface area contributed by atoms with Gasteiger partial charge in [0.25, 0.3) is 0 Å². The molecule has 0 atom stereocenters. The Morgan fingerprint density at radius 1 is 1.09 bits per heavy atom. The van der Waals surface area contributed by atoms with E-state index >= 15 is 0 Å². The molecule has 0 N–H and O–H groups in total. The lowest BCUT2D eigenvalue weighted by atomic mass is 9.77. The molecular formula is C23H27BBrClN2O4. The molecule has 0 aliphatic carbocycles. The SMILES string of the molecule is COc1c(B2OC(C)(C)C(C)(C)O2)cc(Br)cc1-c1ccc(N2CCN(C)C2=O)c(Cl)c1. The van der Waals surface area contributed by atoms with E-state index in [4.69, 9.17) is 25.6 Å². The van der Waals surface area contributed by atoms with E-state index in [0.717, 1.165) is 21.1 Å². The Balaban J connectivity index is 1.75. The molecule has 170 valence electrons. The molecule has 2 aliphatic rings. The van der Waals surface area contributed by atoms with Crippen LogP contribution in [0.15, 0.2) is 34.8 Å². The topological polar surface area (TPSA) is 51.2 Å². The van der Waals surface area contributed by atoms with E-state index in [1.165, 1.54) is 0 Å². The molecule has 2 heterocycles. The molecular weight excluding hydrogens is 494 g/mol. The number of urea groups is 1. The Bertz CT molecular complexity index is 1060. The van der Waals surface area contributed by atoms with Gasteiger partial charge in [-0.1, -0.05) is 33.6 Å². The first-order valence-corrected chi connectivity index (χ1v) is 11.7. The number of rotatable bonds is 4. The summed E-state index contributed by atoms with van der Waals surface area (Å²) in [5, 5.41) is 0.505. The number of methoxy groups -OCH3 is 1. The van der Waals surface area contributed by atoms with Gasteiger partial charge in [0, 0.05) is 35.6 Å². The second-order valence-electron chi connectivity index (χ2n) is 9.19. The number of ether oxygens (including phenoxy) is 1. The molecule has 0 unspecified atom stereocenters. The summed E-state index contributed by atoms with van der Waals surface area (Å²) >= 11 is 10.3. The third kappa shape index (κ3) is 3.91. The Hall–Kier alpha value is -1.74. The molecule has 2 aromatic rings. The number of amides is 2. The maximum absolute atomic E-state index is 12.4. The number of hydrogen-bond donors (Lipinski definition) is 0. The summed E-state index contributed by atoms with van der Waals surface area (Å²) in [5.41, 5.74) is 2.29. The van der Waals surface area contributed by atoms with Gasteiger partial charge in [0.2, 0.25) is 0 Å². The van der Waals surface area contributed by atoms with Gasteiger partial charge in [-0.2, -0.15) is 0 Å². The number of halogens is 2. The van der Waals surface area contributed by atoms with E-state index in [0.29, 0.717) is 29.5 Å². The van der Waals surface area contributed by atoms with Crippen molar-refractivity contribution in [3.63, 3.8) is 0 Å². The van der Waals surface area contributed by atoms with E-state index < -0.39 is 18.3 Å². The van der Waals surface area contributed by atoms with E-state index in [2.05, 4.69) is 15.9 Å². The summed E-state index contributed by atoms with van der Waals surface area (Å²) in [6, 6.07) is 9.57. The van der Waals surface area contributed by atoms with Crippen LogP contribution in [0.3, 0.4) is 0 Å². The maximum Gasteiger partial charge on any atom is 0.498 e. The predicted octanol–water partition coefficient (Wildman–Crippen LogP) is 4.95. The average molecular weight is 522 g/mol. The van der Waals surface area contributed by atoms with Gasteiger partial charge in [-0.15, -0.1) is 0 Å². The highest BCUT2D eigenvalue weighted by molar-refractivity contribution is 9.10. The first kappa shape index (κ1) is 23.4. The fourth-order valence-corrected chi connectivity index (χ4v) is 4.72. The molecule has 2 aliphatic heterocycles. The normalized spacial score (nSPS) is 19.8. The van der Waals surface area contributed by atoms with Gasteiger partial charge in [0.1, 0.15) is 5.75 Å². The molecule has 2 aromatic carbocycles. The first-order chi connectivity index (χ1) is 14.9. The lowest BCUT2D eigenvalue weighted by molar-refractivity contribution is 0.00578. The van der Waals surface area contributed by atoms with E-state index in [1.54, 1.807) is 24.0 Å². The highest BCUT2D eigenvalue weighted by atomic mass is 79.9. The van der Waals surface area contributed by atoms with Crippen LogP contribution in [-0.2, 0) is 9.31 Å². The van der Waals surface area contributed by atoms with Crippen LogP contribution in [0.25, 0.3) is 11.1 Å². The number of carbonyl (C=O) groups is 1. The van der Waals surface area contributed by atoms with Gasteiger partial charge in [-0.05, 0) is 57.5 Å². The van der Waals surface area contributed by atoms with Gasteiger partial charge < -0.3 is 18.9 Å². The minimum absolute atomic E-state index is 0.0530. The molecule has 0 spiro atoms.